The third-order valence-electron chi connectivity index (χ3n) is 3.12. The summed E-state index contributed by atoms with van der Waals surface area (Å²) in [5, 5.41) is 11.6. The van der Waals surface area contributed by atoms with Crippen molar-refractivity contribution in [2.24, 2.45) is 0 Å². The molecule has 118 valence electrons. The van der Waals surface area contributed by atoms with Crippen molar-refractivity contribution in [1.82, 2.24) is 4.98 Å². The maximum Gasteiger partial charge on any atom is 0.305 e. The van der Waals surface area contributed by atoms with Crippen molar-refractivity contribution in [3.8, 4) is 5.75 Å². The molecule has 0 fully saturated rings. The second-order valence-electron chi connectivity index (χ2n) is 4.81. The zero-order chi connectivity index (χ0) is 15.6. The molecule has 1 N–H and O–H groups in total. The average Bonchev–Trinajstić information content (AvgIpc) is 3.05. The summed E-state index contributed by atoms with van der Waals surface area (Å²) in [5.41, 5.74) is 0. The van der Waals surface area contributed by atoms with Gasteiger partial charge in [-0.1, -0.05) is 18.2 Å². The number of thiazole rings is 1. The van der Waals surface area contributed by atoms with Gasteiger partial charge in [0.25, 0.3) is 0 Å². The maximum atomic E-state index is 10.7. The van der Waals surface area contributed by atoms with Crippen molar-refractivity contribution in [2.45, 2.75) is 19.3 Å². The predicted molar refractivity (Wildman–Crippen MR) is 87.8 cm³/mol. The fourth-order valence-corrected chi connectivity index (χ4v) is 2.71. The molecule has 0 bridgehead atoms. The Labute approximate surface area is 134 Å². The largest absolute Gasteiger partial charge is 0.494 e. The number of benzene rings is 1. The molecule has 22 heavy (non-hydrogen) atoms. The van der Waals surface area contributed by atoms with Crippen molar-refractivity contribution >= 4 is 22.4 Å². The van der Waals surface area contributed by atoms with Crippen LogP contribution in [0.15, 0.2) is 41.9 Å². The number of rotatable bonds is 10. The number of para-hydroxylation sites is 1. The fraction of sp³-hybridized carbons (Fsp3) is 0.375. The van der Waals surface area contributed by atoms with E-state index in [1.165, 1.54) is 11.3 Å². The molecule has 0 unspecified atom stereocenters. The van der Waals surface area contributed by atoms with Gasteiger partial charge in [-0.05, 0) is 25.0 Å². The summed E-state index contributed by atoms with van der Waals surface area (Å²) in [4.78, 5) is 17.0. The molecule has 2 rings (SSSR count). The molecule has 0 aliphatic heterocycles. The lowest BCUT2D eigenvalue weighted by molar-refractivity contribution is -0.136. The van der Waals surface area contributed by atoms with Crippen LogP contribution in [0.4, 0.5) is 5.13 Å². The van der Waals surface area contributed by atoms with E-state index >= 15 is 0 Å². The van der Waals surface area contributed by atoms with Crippen LogP contribution in [0.5, 0.6) is 5.75 Å². The number of unbranched alkanes of at least 4 members (excludes halogenated alkanes) is 1. The third kappa shape index (κ3) is 5.73. The summed E-state index contributed by atoms with van der Waals surface area (Å²) in [5.74, 6) is 0.0964. The summed E-state index contributed by atoms with van der Waals surface area (Å²) in [6, 6.07) is 9.74. The minimum atomic E-state index is -0.783. The van der Waals surface area contributed by atoms with E-state index in [0.717, 1.165) is 30.3 Å². The van der Waals surface area contributed by atoms with Crippen LogP contribution in [0, 0.1) is 0 Å². The molecule has 6 heteroatoms. The van der Waals surface area contributed by atoms with Crippen molar-refractivity contribution in [3.05, 3.63) is 41.9 Å². The molecular weight excluding hydrogens is 300 g/mol. The summed E-state index contributed by atoms with van der Waals surface area (Å²) in [6.07, 6.45) is 3.72. The average molecular weight is 320 g/mol. The smallest absolute Gasteiger partial charge is 0.305 e. The second-order valence-corrected chi connectivity index (χ2v) is 5.69. The lowest BCUT2D eigenvalue weighted by Crippen LogP contribution is -2.27. The van der Waals surface area contributed by atoms with Gasteiger partial charge in [0.2, 0.25) is 0 Å². The highest BCUT2D eigenvalue weighted by Crippen LogP contribution is 2.18. The second kappa shape index (κ2) is 9.04. The van der Waals surface area contributed by atoms with Gasteiger partial charge in [0, 0.05) is 24.7 Å². The van der Waals surface area contributed by atoms with Gasteiger partial charge in [0.15, 0.2) is 5.13 Å². The van der Waals surface area contributed by atoms with Crippen LogP contribution in [0.3, 0.4) is 0 Å². The first-order chi connectivity index (χ1) is 10.8. The van der Waals surface area contributed by atoms with Crippen LogP contribution >= 0.6 is 11.3 Å². The number of carbonyl (C=O) groups is 1. The number of aliphatic carboxylic acids is 1. The lowest BCUT2D eigenvalue weighted by atomic mass is 10.3. The molecule has 1 aromatic carbocycles. The first-order valence-corrected chi connectivity index (χ1v) is 8.18. The van der Waals surface area contributed by atoms with Crippen molar-refractivity contribution in [3.63, 3.8) is 0 Å². The number of carboxylic acid groups (broad SMARTS) is 1. The Bertz CT molecular complexity index is 546. The summed E-state index contributed by atoms with van der Waals surface area (Å²) in [6.45, 7) is 1.94. The van der Waals surface area contributed by atoms with Crippen LogP contribution < -0.4 is 9.64 Å². The molecule has 0 saturated heterocycles. The molecular formula is C16H20N2O3S. The normalized spacial score (nSPS) is 10.4. The number of hydrogen-bond acceptors (Lipinski definition) is 5. The highest BCUT2D eigenvalue weighted by atomic mass is 32.1. The molecule has 1 aromatic heterocycles. The molecule has 0 spiro atoms. The van der Waals surface area contributed by atoms with E-state index < -0.39 is 5.97 Å². The fourth-order valence-electron chi connectivity index (χ4n) is 2.02. The van der Waals surface area contributed by atoms with E-state index in [2.05, 4.69) is 4.98 Å². The Morgan fingerprint density at radius 3 is 2.73 bits per heavy atom. The molecule has 0 amide bonds. The number of anilines is 1. The molecule has 5 nitrogen and oxygen atoms in total. The molecule has 0 radical (unpaired) electrons. The Balaban J connectivity index is 1.70. The number of nitrogens with zero attached hydrogens (tertiary/aromatic N) is 2. The Morgan fingerprint density at radius 1 is 1.23 bits per heavy atom. The van der Waals surface area contributed by atoms with E-state index in [1.807, 2.05) is 40.6 Å². The van der Waals surface area contributed by atoms with E-state index in [4.69, 9.17) is 9.84 Å². The van der Waals surface area contributed by atoms with E-state index in [1.54, 1.807) is 6.20 Å². The maximum absolute atomic E-state index is 10.7. The monoisotopic (exact) mass is 320 g/mol. The van der Waals surface area contributed by atoms with Gasteiger partial charge < -0.3 is 14.7 Å². The van der Waals surface area contributed by atoms with E-state index in [-0.39, 0.29) is 6.42 Å². The lowest BCUT2D eigenvalue weighted by Gasteiger charge is -2.20. The van der Waals surface area contributed by atoms with Gasteiger partial charge in [-0.25, -0.2) is 4.98 Å². The quantitative estimate of drug-likeness (QED) is 0.681. The van der Waals surface area contributed by atoms with Crippen LogP contribution in [-0.4, -0.2) is 35.8 Å². The highest BCUT2D eigenvalue weighted by Gasteiger charge is 2.10. The molecule has 0 atom stereocenters. The van der Waals surface area contributed by atoms with Crippen molar-refractivity contribution < 1.29 is 14.6 Å². The van der Waals surface area contributed by atoms with Crippen LogP contribution in [-0.2, 0) is 4.79 Å². The highest BCUT2D eigenvalue weighted by molar-refractivity contribution is 7.13. The van der Waals surface area contributed by atoms with E-state index in [9.17, 15) is 4.79 Å². The summed E-state index contributed by atoms with van der Waals surface area (Å²) >= 11 is 1.53. The minimum Gasteiger partial charge on any atom is -0.494 e. The Hall–Kier alpha value is -2.08. The van der Waals surface area contributed by atoms with Crippen molar-refractivity contribution in [2.75, 3.05) is 24.6 Å². The molecule has 1 heterocycles. The van der Waals surface area contributed by atoms with Crippen LogP contribution in [0.1, 0.15) is 19.3 Å². The van der Waals surface area contributed by atoms with E-state index in [0.29, 0.717) is 13.2 Å². The Kier molecular flexibility index (Phi) is 6.70. The van der Waals surface area contributed by atoms with Crippen LogP contribution in [0.2, 0.25) is 0 Å². The molecule has 0 saturated carbocycles. The number of hydrogen-bond donors (Lipinski definition) is 1. The van der Waals surface area contributed by atoms with Gasteiger partial charge in [-0.2, -0.15) is 0 Å². The first kappa shape index (κ1) is 16.3. The topological polar surface area (TPSA) is 62.7 Å². The molecule has 2 aromatic rings. The number of aromatic nitrogens is 1. The van der Waals surface area contributed by atoms with Crippen LogP contribution in [0.25, 0.3) is 0 Å². The Morgan fingerprint density at radius 2 is 2.05 bits per heavy atom. The zero-order valence-corrected chi connectivity index (χ0v) is 13.2. The number of carboxylic acids is 1. The number of ether oxygens (including phenoxy) is 1. The van der Waals surface area contributed by atoms with Crippen molar-refractivity contribution in [1.29, 1.82) is 0 Å². The van der Waals surface area contributed by atoms with Gasteiger partial charge in [-0.15, -0.1) is 11.3 Å². The summed E-state index contributed by atoms with van der Waals surface area (Å²) < 4.78 is 5.65. The summed E-state index contributed by atoms with van der Waals surface area (Å²) in [7, 11) is 0. The SMILES string of the molecule is O=C(O)CCN(CCCCOc1ccccc1)c1nccs1. The zero-order valence-electron chi connectivity index (χ0n) is 12.4. The molecule has 0 aliphatic carbocycles. The van der Waals surface area contributed by atoms with Gasteiger partial charge in [0.1, 0.15) is 5.75 Å². The van der Waals surface area contributed by atoms with Gasteiger partial charge >= 0.3 is 5.97 Å². The first-order valence-electron chi connectivity index (χ1n) is 7.30. The third-order valence-corrected chi connectivity index (χ3v) is 3.95. The minimum absolute atomic E-state index is 0.125. The van der Waals surface area contributed by atoms with Gasteiger partial charge in [-0.3, -0.25) is 4.79 Å². The standard InChI is InChI=1S/C16H20N2O3S/c19-15(20)8-11-18(16-17-9-13-22-16)10-4-5-12-21-14-6-2-1-3-7-14/h1-3,6-7,9,13H,4-5,8,10-12H2,(H,19,20). The predicted octanol–water partition coefficient (Wildman–Crippen LogP) is 3.28. The molecule has 0 aliphatic rings. The van der Waals surface area contributed by atoms with Gasteiger partial charge in [0.05, 0.1) is 13.0 Å².